The fourth-order valence-electron chi connectivity index (χ4n) is 4.20. The predicted molar refractivity (Wildman–Crippen MR) is 158 cm³/mol. The van der Waals surface area contributed by atoms with E-state index in [4.69, 9.17) is 4.74 Å². The molecule has 0 aliphatic carbocycles. The third-order valence-corrected chi connectivity index (χ3v) is 8.36. The lowest BCUT2D eigenvalue weighted by molar-refractivity contribution is -0.139. The highest BCUT2D eigenvalue weighted by atomic mass is 32.2. The summed E-state index contributed by atoms with van der Waals surface area (Å²) in [7, 11) is -4.23. The molecule has 10 heteroatoms. The number of carbonyl (C=O) groups is 2. The molecule has 0 bridgehead atoms. The van der Waals surface area contributed by atoms with Gasteiger partial charge in [-0.2, -0.15) is 0 Å². The van der Waals surface area contributed by atoms with E-state index in [1.54, 1.807) is 50.2 Å². The van der Waals surface area contributed by atoms with Crippen molar-refractivity contribution in [1.29, 1.82) is 0 Å². The van der Waals surface area contributed by atoms with Crippen molar-refractivity contribution in [2.75, 3.05) is 24.0 Å². The number of ether oxygens (including phenoxy) is 1. The molecular formula is C31H38FN3O5S. The largest absolute Gasteiger partial charge is 0.492 e. The number of hydrogen-bond acceptors (Lipinski definition) is 5. The first-order chi connectivity index (χ1) is 19.6. The first-order valence-corrected chi connectivity index (χ1v) is 15.1. The van der Waals surface area contributed by atoms with Crippen LogP contribution in [0.4, 0.5) is 10.1 Å². The van der Waals surface area contributed by atoms with E-state index in [2.05, 4.69) is 5.32 Å². The second kappa shape index (κ2) is 14.6. The van der Waals surface area contributed by atoms with Crippen LogP contribution < -0.4 is 14.4 Å². The van der Waals surface area contributed by atoms with Crippen LogP contribution in [0.3, 0.4) is 0 Å². The standard InChI is InChI=1S/C31H38FN3O5S/c1-5-7-20-33-31(37)24(4)34(21-25-14-16-26(32)17-15-25)30(36)22-35(28-10-8-9-11-29(28)40-6-2)41(38,39)27-18-12-23(3)13-19-27/h8-19,24H,5-7,20-22H2,1-4H3,(H,33,37)/t24-/m1/s1. The van der Waals surface area contributed by atoms with Gasteiger partial charge in [0.1, 0.15) is 24.2 Å². The molecule has 0 saturated heterocycles. The van der Waals surface area contributed by atoms with E-state index in [1.165, 1.54) is 41.3 Å². The highest BCUT2D eigenvalue weighted by Gasteiger charge is 2.33. The Kier molecular flexibility index (Phi) is 11.3. The summed E-state index contributed by atoms with van der Waals surface area (Å²) in [5.74, 6) is -1.10. The summed E-state index contributed by atoms with van der Waals surface area (Å²) >= 11 is 0. The second-order valence-electron chi connectivity index (χ2n) is 9.69. The van der Waals surface area contributed by atoms with Gasteiger partial charge in [0.05, 0.1) is 17.2 Å². The van der Waals surface area contributed by atoms with Gasteiger partial charge in [-0.1, -0.05) is 55.3 Å². The third kappa shape index (κ3) is 8.29. The van der Waals surface area contributed by atoms with Gasteiger partial charge in [0.2, 0.25) is 11.8 Å². The van der Waals surface area contributed by atoms with Crippen LogP contribution in [-0.2, 0) is 26.2 Å². The summed E-state index contributed by atoms with van der Waals surface area (Å²) in [4.78, 5) is 28.4. The zero-order chi connectivity index (χ0) is 30.0. The average Bonchev–Trinajstić information content (AvgIpc) is 2.96. The molecule has 0 saturated carbocycles. The number of nitrogens with zero attached hydrogens (tertiary/aromatic N) is 2. The molecule has 41 heavy (non-hydrogen) atoms. The second-order valence-corrected chi connectivity index (χ2v) is 11.6. The highest BCUT2D eigenvalue weighted by molar-refractivity contribution is 7.92. The molecule has 0 aromatic heterocycles. The smallest absolute Gasteiger partial charge is 0.264 e. The minimum atomic E-state index is -4.23. The molecule has 0 aliphatic rings. The number of halogens is 1. The molecule has 0 fully saturated rings. The number of aryl methyl sites for hydroxylation is 1. The van der Waals surface area contributed by atoms with Gasteiger partial charge in [0.25, 0.3) is 10.0 Å². The first-order valence-electron chi connectivity index (χ1n) is 13.7. The van der Waals surface area contributed by atoms with Crippen molar-refractivity contribution in [2.45, 2.75) is 58.0 Å². The van der Waals surface area contributed by atoms with Crippen molar-refractivity contribution in [1.82, 2.24) is 10.2 Å². The normalized spacial score (nSPS) is 11.9. The van der Waals surface area contributed by atoms with Gasteiger partial charge in [0, 0.05) is 13.1 Å². The number of hydrogen-bond donors (Lipinski definition) is 1. The maximum atomic E-state index is 14.0. The quantitative estimate of drug-likeness (QED) is 0.268. The lowest BCUT2D eigenvalue weighted by atomic mass is 10.1. The molecule has 1 N–H and O–H groups in total. The maximum Gasteiger partial charge on any atom is 0.264 e. The molecule has 8 nitrogen and oxygen atoms in total. The van der Waals surface area contributed by atoms with E-state index in [1.807, 2.05) is 13.8 Å². The van der Waals surface area contributed by atoms with E-state index in [0.717, 1.165) is 22.7 Å². The molecule has 0 unspecified atom stereocenters. The Morgan fingerprint density at radius 3 is 2.27 bits per heavy atom. The van der Waals surface area contributed by atoms with Crippen molar-refractivity contribution in [3.8, 4) is 5.75 Å². The highest BCUT2D eigenvalue weighted by Crippen LogP contribution is 2.33. The van der Waals surface area contributed by atoms with Crippen molar-refractivity contribution in [2.24, 2.45) is 0 Å². The molecule has 0 heterocycles. The van der Waals surface area contributed by atoms with Crippen LogP contribution in [0, 0.1) is 12.7 Å². The number of amides is 2. The summed E-state index contributed by atoms with van der Waals surface area (Å²) in [5, 5.41) is 2.84. The molecule has 0 spiro atoms. The topological polar surface area (TPSA) is 96.0 Å². The van der Waals surface area contributed by atoms with Crippen LogP contribution in [0.1, 0.15) is 44.7 Å². The monoisotopic (exact) mass is 583 g/mol. The van der Waals surface area contributed by atoms with Crippen LogP contribution in [0.2, 0.25) is 0 Å². The number of rotatable bonds is 14. The summed E-state index contributed by atoms with van der Waals surface area (Å²) in [5.41, 5.74) is 1.68. The lowest BCUT2D eigenvalue weighted by Crippen LogP contribution is -2.51. The number of anilines is 1. The van der Waals surface area contributed by atoms with Crippen molar-refractivity contribution in [3.05, 3.63) is 89.7 Å². The van der Waals surface area contributed by atoms with Gasteiger partial charge in [-0.3, -0.25) is 13.9 Å². The Labute approximate surface area is 242 Å². The molecule has 3 rings (SSSR count). The number of benzene rings is 3. The van der Waals surface area contributed by atoms with Gasteiger partial charge in [0.15, 0.2) is 0 Å². The van der Waals surface area contributed by atoms with E-state index >= 15 is 0 Å². The van der Waals surface area contributed by atoms with E-state index in [-0.39, 0.29) is 29.6 Å². The number of carbonyl (C=O) groups excluding carboxylic acids is 2. The van der Waals surface area contributed by atoms with Gasteiger partial charge in [-0.25, -0.2) is 12.8 Å². The molecule has 2 amide bonds. The zero-order valence-corrected chi connectivity index (χ0v) is 24.8. The van der Waals surface area contributed by atoms with E-state index < -0.39 is 34.3 Å². The third-order valence-electron chi connectivity index (χ3n) is 6.58. The molecule has 1 atom stereocenters. The SMILES string of the molecule is CCCCNC(=O)[C@@H](C)N(Cc1ccc(F)cc1)C(=O)CN(c1ccccc1OCC)S(=O)(=O)c1ccc(C)cc1. The lowest BCUT2D eigenvalue weighted by Gasteiger charge is -2.32. The Morgan fingerprint density at radius 1 is 0.976 bits per heavy atom. The minimum Gasteiger partial charge on any atom is -0.492 e. The van der Waals surface area contributed by atoms with Crippen LogP contribution in [0.25, 0.3) is 0 Å². The van der Waals surface area contributed by atoms with Crippen LogP contribution >= 0.6 is 0 Å². The molecule has 0 radical (unpaired) electrons. The van der Waals surface area contributed by atoms with Crippen molar-refractivity contribution >= 4 is 27.5 Å². The van der Waals surface area contributed by atoms with Gasteiger partial charge in [-0.05, 0) is 69.2 Å². The Balaban J connectivity index is 2.04. The molecule has 3 aromatic rings. The summed E-state index contributed by atoms with van der Waals surface area (Å²) in [6.07, 6.45) is 1.67. The Hall–Kier alpha value is -3.92. The average molecular weight is 584 g/mol. The van der Waals surface area contributed by atoms with Gasteiger partial charge in [-0.15, -0.1) is 0 Å². The predicted octanol–water partition coefficient (Wildman–Crippen LogP) is 5.06. The van der Waals surface area contributed by atoms with Crippen LogP contribution in [0.5, 0.6) is 5.75 Å². The first kappa shape index (κ1) is 31.6. The molecule has 0 aliphatic heterocycles. The summed E-state index contributed by atoms with van der Waals surface area (Å²) in [6, 6.07) is 17.6. The molecular weight excluding hydrogens is 545 g/mol. The van der Waals surface area contributed by atoms with Gasteiger partial charge >= 0.3 is 0 Å². The minimum absolute atomic E-state index is 0.0117. The number of nitrogens with one attached hydrogen (secondary N) is 1. The van der Waals surface area contributed by atoms with Gasteiger partial charge < -0.3 is 15.0 Å². The van der Waals surface area contributed by atoms with Crippen molar-refractivity contribution in [3.63, 3.8) is 0 Å². The van der Waals surface area contributed by atoms with E-state index in [0.29, 0.717) is 17.9 Å². The number of sulfonamides is 1. The summed E-state index contributed by atoms with van der Waals surface area (Å²) in [6.45, 7) is 7.36. The maximum absolute atomic E-state index is 14.0. The summed E-state index contributed by atoms with van der Waals surface area (Å²) < 4.78 is 48.4. The fourth-order valence-corrected chi connectivity index (χ4v) is 5.62. The number of unbranched alkanes of at least 4 members (excludes halogenated alkanes) is 1. The van der Waals surface area contributed by atoms with Crippen molar-refractivity contribution < 1.29 is 27.1 Å². The zero-order valence-electron chi connectivity index (χ0n) is 24.0. The van der Waals surface area contributed by atoms with Crippen LogP contribution in [0.15, 0.2) is 77.7 Å². The molecule has 3 aromatic carbocycles. The molecule has 220 valence electrons. The fraction of sp³-hybridized carbons (Fsp3) is 0.355. The number of para-hydroxylation sites is 2. The Bertz CT molecular complexity index is 1410. The Morgan fingerprint density at radius 2 is 1.63 bits per heavy atom. The van der Waals surface area contributed by atoms with E-state index in [9.17, 15) is 22.4 Å². The van der Waals surface area contributed by atoms with Crippen LogP contribution in [-0.4, -0.2) is 50.9 Å².